The number of allylic oxidation sites excluding steroid dienone is 3. The van der Waals surface area contributed by atoms with Gasteiger partial charge in [-0.3, -0.25) is 10.1 Å². The molecule has 0 radical (unpaired) electrons. The van der Waals surface area contributed by atoms with Gasteiger partial charge >= 0.3 is 0 Å². The normalized spacial score (nSPS) is 31.3. The number of aliphatic hydroxyl groups excluding tert-OH is 1. The number of nitrogens with one attached hydrogen (secondary N) is 1. The lowest BCUT2D eigenvalue weighted by molar-refractivity contribution is -0.387. The lowest BCUT2D eigenvalue weighted by Gasteiger charge is -2.44. The summed E-state index contributed by atoms with van der Waals surface area (Å²) in [4.78, 5) is 10.3. The summed E-state index contributed by atoms with van der Waals surface area (Å²) in [6.45, 7) is 12.8. The number of hydrogen-bond donors (Lipinski definition) is 3. The van der Waals surface area contributed by atoms with Crippen LogP contribution in [0.4, 0.5) is 5.69 Å². The van der Waals surface area contributed by atoms with Gasteiger partial charge in [0.25, 0.3) is 5.69 Å². The highest BCUT2D eigenvalue weighted by atomic mass is 32.2. The van der Waals surface area contributed by atoms with E-state index in [-0.39, 0.29) is 11.8 Å². The number of sulfonamides is 1. The Labute approximate surface area is 251 Å². The predicted octanol–water partition coefficient (Wildman–Crippen LogP) is 6.60. The van der Waals surface area contributed by atoms with Crippen molar-refractivity contribution in [3.63, 3.8) is 0 Å². The standard InChI is InChI=1S/C33H48N2O6S/c1-22(10-8-18-32(3,4)37)27-16-17-28-24(11-9-19-33(27,28)5)14-15-25-20-26(36)21-29(23(25)2)34-42(40,41)31-13-7-6-12-30(31)35(38)39/h6-7,12-15,22,26-29,34,36-37H,2,8-11,16-21H2,1,3-5H3/b24-14+,25-15-/t22-,26-,27-,28+,29+,33-/m1/s1. The van der Waals surface area contributed by atoms with Crippen molar-refractivity contribution in [2.75, 3.05) is 0 Å². The van der Waals surface area contributed by atoms with Crippen LogP contribution >= 0.6 is 0 Å². The molecule has 4 rings (SSSR count). The van der Waals surface area contributed by atoms with Crippen molar-refractivity contribution in [1.82, 2.24) is 4.72 Å². The fourth-order valence-corrected chi connectivity index (χ4v) is 9.38. The van der Waals surface area contributed by atoms with Gasteiger partial charge in [-0.25, -0.2) is 13.1 Å². The molecule has 0 aromatic heterocycles. The monoisotopic (exact) mass is 600 g/mol. The Morgan fingerprint density at radius 2 is 1.98 bits per heavy atom. The van der Waals surface area contributed by atoms with Gasteiger partial charge in [-0.1, -0.05) is 63.1 Å². The number of nitro benzene ring substituents is 1. The van der Waals surface area contributed by atoms with Crippen LogP contribution in [-0.2, 0) is 10.0 Å². The fourth-order valence-electron chi connectivity index (χ4n) is 7.97. The smallest absolute Gasteiger partial charge is 0.289 e. The zero-order chi connectivity index (χ0) is 30.9. The number of para-hydroxylation sites is 1. The summed E-state index contributed by atoms with van der Waals surface area (Å²) in [6.07, 6.45) is 12.7. The van der Waals surface area contributed by atoms with Crippen LogP contribution < -0.4 is 4.72 Å². The molecule has 0 heterocycles. The van der Waals surface area contributed by atoms with E-state index < -0.39 is 43.3 Å². The summed E-state index contributed by atoms with van der Waals surface area (Å²) in [7, 11) is -4.22. The fraction of sp³-hybridized carbons (Fsp3) is 0.636. The van der Waals surface area contributed by atoms with Crippen LogP contribution in [0.15, 0.2) is 64.6 Å². The molecule has 8 nitrogen and oxygen atoms in total. The number of fused-ring (bicyclic) bond motifs is 1. The quantitative estimate of drug-likeness (QED) is 0.205. The Hall–Kier alpha value is -2.33. The predicted molar refractivity (Wildman–Crippen MR) is 165 cm³/mol. The molecule has 232 valence electrons. The molecule has 0 unspecified atom stereocenters. The molecular formula is C33H48N2O6S. The first-order valence-corrected chi connectivity index (χ1v) is 16.9. The maximum atomic E-state index is 13.2. The zero-order valence-electron chi connectivity index (χ0n) is 25.5. The summed E-state index contributed by atoms with van der Waals surface area (Å²) in [5, 5.41) is 32.2. The Kier molecular flexibility index (Phi) is 9.87. The molecule has 0 aliphatic heterocycles. The molecule has 3 aliphatic rings. The minimum Gasteiger partial charge on any atom is -0.393 e. The third kappa shape index (κ3) is 7.24. The van der Waals surface area contributed by atoms with Gasteiger partial charge in [0, 0.05) is 12.1 Å². The number of benzene rings is 1. The number of nitrogens with zero attached hydrogens (tertiary/aromatic N) is 1. The van der Waals surface area contributed by atoms with Crippen molar-refractivity contribution in [2.24, 2.45) is 23.2 Å². The topological polar surface area (TPSA) is 130 Å². The van der Waals surface area contributed by atoms with Gasteiger partial charge in [-0.15, -0.1) is 0 Å². The van der Waals surface area contributed by atoms with Crippen molar-refractivity contribution in [3.05, 3.63) is 69.8 Å². The molecule has 0 saturated heterocycles. The molecular weight excluding hydrogens is 552 g/mol. The van der Waals surface area contributed by atoms with Crippen LogP contribution in [-0.4, -0.2) is 41.3 Å². The lowest BCUT2D eigenvalue weighted by Crippen LogP contribution is -2.42. The van der Waals surface area contributed by atoms with E-state index in [9.17, 15) is 28.7 Å². The summed E-state index contributed by atoms with van der Waals surface area (Å²) in [5.74, 6) is 1.75. The summed E-state index contributed by atoms with van der Waals surface area (Å²) >= 11 is 0. The molecule has 1 aromatic rings. The highest BCUT2D eigenvalue weighted by Gasteiger charge is 2.50. The average Bonchev–Trinajstić information content (AvgIpc) is 3.26. The molecule has 0 amide bonds. The maximum Gasteiger partial charge on any atom is 0.289 e. The molecule has 42 heavy (non-hydrogen) atoms. The van der Waals surface area contributed by atoms with Gasteiger partial charge in [-0.2, -0.15) is 0 Å². The van der Waals surface area contributed by atoms with E-state index in [1.54, 1.807) is 0 Å². The van der Waals surface area contributed by atoms with Crippen molar-refractivity contribution < 1.29 is 23.6 Å². The molecule has 3 aliphatic carbocycles. The third-order valence-electron chi connectivity index (χ3n) is 10.1. The second-order valence-corrected chi connectivity index (χ2v) is 15.4. The third-order valence-corrected chi connectivity index (χ3v) is 11.6. The molecule has 3 N–H and O–H groups in total. The number of rotatable bonds is 10. The first-order chi connectivity index (χ1) is 19.6. The second-order valence-electron chi connectivity index (χ2n) is 13.7. The minimum atomic E-state index is -4.22. The lowest BCUT2D eigenvalue weighted by atomic mass is 9.60. The van der Waals surface area contributed by atoms with Gasteiger partial charge in [-0.05, 0) is 106 Å². The van der Waals surface area contributed by atoms with Crippen molar-refractivity contribution in [3.8, 4) is 0 Å². The largest absolute Gasteiger partial charge is 0.393 e. The van der Waals surface area contributed by atoms with E-state index in [2.05, 4.69) is 31.2 Å². The number of aliphatic hydroxyl groups is 2. The van der Waals surface area contributed by atoms with Gasteiger partial charge in [0.2, 0.25) is 10.0 Å². The Bertz CT molecular complexity index is 1340. The zero-order valence-corrected chi connectivity index (χ0v) is 26.3. The highest BCUT2D eigenvalue weighted by molar-refractivity contribution is 7.89. The van der Waals surface area contributed by atoms with E-state index in [4.69, 9.17) is 0 Å². The summed E-state index contributed by atoms with van der Waals surface area (Å²) in [5.41, 5.74) is 1.94. The van der Waals surface area contributed by atoms with E-state index in [0.29, 0.717) is 29.7 Å². The van der Waals surface area contributed by atoms with Crippen LogP contribution in [0.25, 0.3) is 0 Å². The van der Waals surface area contributed by atoms with Crippen LogP contribution in [0.1, 0.15) is 91.9 Å². The van der Waals surface area contributed by atoms with E-state index in [0.717, 1.165) is 44.1 Å². The number of hydrogen-bond acceptors (Lipinski definition) is 6. The van der Waals surface area contributed by atoms with E-state index in [1.165, 1.54) is 42.7 Å². The number of nitro groups is 1. The van der Waals surface area contributed by atoms with Crippen LogP contribution in [0.3, 0.4) is 0 Å². The molecule has 3 fully saturated rings. The molecule has 0 spiro atoms. The van der Waals surface area contributed by atoms with Gasteiger partial charge in [0.1, 0.15) is 0 Å². The van der Waals surface area contributed by atoms with E-state index >= 15 is 0 Å². The SMILES string of the molecule is C=C1/C(=C\C=C2/CCC[C@]3(C)[C@@H]([C@H](C)CCCC(C)(C)O)CC[C@@H]23)C[C@@H](O)C[C@@H]1NS(=O)(=O)c1ccccc1[N+](=O)[O-]. The van der Waals surface area contributed by atoms with E-state index in [1.807, 2.05) is 19.9 Å². The Morgan fingerprint density at radius 1 is 1.26 bits per heavy atom. The molecule has 9 heteroatoms. The molecule has 1 aromatic carbocycles. The second kappa shape index (κ2) is 12.7. The van der Waals surface area contributed by atoms with Crippen molar-refractivity contribution in [1.29, 1.82) is 0 Å². The maximum absolute atomic E-state index is 13.2. The molecule has 0 bridgehead atoms. The Morgan fingerprint density at radius 3 is 2.67 bits per heavy atom. The Balaban J connectivity index is 1.50. The van der Waals surface area contributed by atoms with Crippen LogP contribution in [0.5, 0.6) is 0 Å². The molecule has 6 atom stereocenters. The summed E-state index contributed by atoms with van der Waals surface area (Å²) < 4.78 is 28.9. The molecule has 3 saturated carbocycles. The minimum absolute atomic E-state index is 0.153. The highest BCUT2D eigenvalue weighted by Crippen LogP contribution is 2.60. The van der Waals surface area contributed by atoms with Gasteiger partial charge in [0.05, 0.1) is 16.6 Å². The first-order valence-electron chi connectivity index (χ1n) is 15.4. The van der Waals surface area contributed by atoms with Crippen LogP contribution in [0.2, 0.25) is 0 Å². The average molecular weight is 601 g/mol. The first kappa shape index (κ1) is 32.6. The van der Waals surface area contributed by atoms with Gasteiger partial charge in [0.15, 0.2) is 4.90 Å². The van der Waals surface area contributed by atoms with Crippen LogP contribution in [0, 0.1) is 33.3 Å². The van der Waals surface area contributed by atoms with Crippen molar-refractivity contribution in [2.45, 2.75) is 115 Å². The van der Waals surface area contributed by atoms with Crippen molar-refractivity contribution >= 4 is 15.7 Å². The summed E-state index contributed by atoms with van der Waals surface area (Å²) in [6, 6.07) is 4.49. The van der Waals surface area contributed by atoms with Gasteiger partial charge < -0.3 is 10.2 Å².